The highest BCUT2D eigenvalue weighted by molar-refractivity contribution is 7.80. The number of piperazine rings is 1. The summed E-state index contributed by atoms with van der Waals surface area (Å²) in [7, 11) is 2.96. The van der Waals surface area contributed by atoms with Crippen LogP contribution in [-0.4, -0.2) is 62.2 Å². The molecular formula is C24H29ClN4O4S. The molecule has 10 heteroatoms. The molecule has 0 saturated carbocycles. The van der Waals surface area contributed by atoms with Crippen molar-refractivity contribution in [2.45, 2.75) is 13.8 Å². The first-order chi connectivity index (χ1) is 16.2. The number of amides is 2. The lowest BCUT2D eigenvalue weighted by Crippen LogP contribution is -2.50. The molecule has 3 rings (SSSR count). The molecule has 2 N–H and O–H groups in total. The van der Waals surface area contributed by atoms with Crippen LogP contribution in [-0.2, 0) is 4.79 Å². The number of methoxy groups -OCH3 is 2. The van der Waals surface area contributed by atoms with Gasteiger partial charge in [-0.3, -0.25) is 14.9 Å². The molecule has 1 heterocycles. The summed E-state index contributed by atoms with van der Waals surface area (Å²) in [4.78, 5) is 29.0. The number of carbonyl (C=O) groups excluding carboxylic acids is 2. The van der Waals surface area contributed by atoms with Crippen LogP contribution in [0.2, 0.25) is 5.02 Å². The second-order valence-electron chi connectivity index (χ2n) is 8.08. The molecule has 0 atom stereocenters. The molecule has 0 unspecified atom stereocenters. The van der Waals surface area contributed by atoms with Crippen LogP contribution in [0.5, 0.6) is 11.5 Å². The molecule has 182 valence electrons. The molecule has 1 aliphatic heterocycles. The zero-order valence-corrected chi connectivity index (χ0v) is 21.3. The van der Waals surface area contributed by atoms with Crippen molar-refractivity contribution in [1.29, 1.82) is 0 Å². The van der Waals surface area contributed by atoms with E-state index in [0.717, 1.165) is 5.69 Å². The van der Waals surface area contributed by atoms with Gasteiger partial charge in [0.25, 0.3) is 5.91 Å². The van der Waals surface area contributed by atoms with Crippen molar-refractivity contribution in [3.8, 4) is 11.5 Å². The van der Waals surface area contributed by atoms with Gasteiger partial charge < -0.3 is 24.6 Å². The Morgan fingerprint density at radius 2 is 1.65 bits per heavy atom. The fraction of sp³-hybridized carbons (Fsp3) is 0.375. The maximum absolute atomic E-state index is 12.8. The molecule has 2 aromatic rings. The van der Waals surface area contributed by atoms with Gasteiger partial charge in [0.15, 0.2) is 5.11 Å². The van der Waals surface area contributed by atoms with E-state index in [1.165, 1.54) is 14.2 Å². The summed E-state index contributed by atoms with van der Waals surface area (Å²) in [5, 5.41) is 6.30. The zero-order chi connectivity index (χ0) is 24.8. The Morgan fingerprint density at radius 3 is 2.18 bits per heavy atom. The number of nitrogens with one attached hydrogen (secondary N) is 2. The largest absolute Gasteiger partial charge is 0.496 e. The van der Waals surface area contributed by atoms with Crippen LogP contribution in [0.4, 0.5) is 11.4 Å². The van der Waals surface area contributed by atoms with E-state index in [1.807, 2.05) is 30.9 Å². The Morgan fingerprint density at radius 1 is 1.03 bits per heavy atom. The summed E-state index contributed by atoms with van der Waals surface area (Å²) >= 11 is 11.9. The number of nitrogens with zero attached hydrogens (tertiary/aromatic N) is 2. The SMILES string of the molecule is COc1cccc(OC)c1C(=O)NC(=S)Nc1ccc(N2CCN(C(=O)C(C)C)CC2)c(Cl)c1. The van der Waals surface area contributed by atoms with Gasteiger partial charge in [0, 0.05) is 37.8 Å². The minimum atomic E-state index is -0.455. The topological polar surface area (TPSA) is 83.1 Å². The average molecular weight is 505 g/mol. The highest BCUT2D eigenvalue weighted by Gasteiger charge is 2.24. The number of thiocarbonyl (C=S) groups is 1. The Balaban J connectivity index is 1.62. The van der Waals surface area contributed by atoms with E-state index < -0.39 is 5.91 Å². The van der Waals surface area contributed by atoms with Gasteiger partial charge in [-0.25, -0.2) is 0 Å². The van der Waals surface area contributed by atoms with E-state index in [0.29, 0.717) is 48.4 Å². The predicted octanol–water partition coefficient (Wildman–Crippen LogP) is 3.79. The van der Waals surface area contributed by atoms with Crippen molar-refractivity contribution < 1.29 is 19.1 Å². The highest BCUT2D eigenvalue weighted by atomic mass is 35.5. The molecule has 1 fully saturated rings. The van der Waals surface area contributed by atoms with Crippen LogP contribution >= 0.6 is 23.8 Å². The average Bonchev–Trinajstić information content (AvgIpc) is 2.83. The van der Waals surface area contributed by atoms with Crippen LogP contribution in [0.3, 0.4) is 0 Å². The fourth-order valence-electron chi connectivity index (χ4n) is 3.78. The normalized spacial score (nSPS) is 13.5. The van der Waals surface area contributed by atoms with E-state index in [4.69, 9.17) is 33.3 Å². The van der Waals surface area contributed by atoms with Crippen molar-refractivity contribution >= 4 is 52.1 Å². The number of hydrogen-bond acceptors (Lipinski definition) is 6. The smallest absolute Gasteiger partial charge is 0.264 e. The number of ether oxygens (including phenoxy) is 2. The molecule has 34 heavy (non-hydrogen) atoms. The van der Waals surface area contributed by atoms with Gasteiger partial charge in [-0.15, -0.1) is 0 Å². The summed E-state index contributed by atoms with van der Waals surface area (Å²) in [5.74, 6) is 0.466. The van der Waals surface area contributed by atoms with E-state index in [9.17, 15) is 9.59 Å². The number of rotatable bonds is 6. The molecule has 0 spiro atoms. The molecular weight excluding hydrogens is 476 g/mol. The van der Waals surface area contributed by atoms with Gasteiger partial charge in [0.1, 0.15) is 17.1 Å². The van der Waals surface area contributed by atoms with Crippen molar-refractivity contribution in [1.82, 2.24) is 10.2 Å². The minimum Gasteiger partial charge on any atom is -0.496 e. The Hall–Kier alpha value is -3.04. The lowest BCUT2D eigenvalue weighted by Gasteiger charge is -2.37. The van der Waals surface area contributed by atoms with Crippen molar-refractivity contribution in [2.24, 2.45) is 5.92 Å². The van der Waals surface area contributed by atoms with Gasteiger partial charge in [-0.05, 0) is 42.5 Å². The molecule has 0 radical (unpaired) electrons. The number of anilines is 2. The van der Waals surface area contributed by atoms with E-state index in [1.54, 1.807) is 24.3 Å². The maximum Gasteiger partial charge on any atom is 0.264 e. The first-order valence-corrected chi connectivity index (χ1v) is 11.7. The maximum atomic E-state index is 12.8. The lowest BCUT2D eigenvalue weighted by atomic mass is 10.1. The van der Waals surface area contributed by atoms with Crippen LogP contribution in [0, 0.1) is 5.92 Å². The van der Waals surface area contributed by atoms with Gasteiger partial charge in [-0.1, -0.05) is 31.5 Å². The monoisotopic (exact) mass is 504 g/mol. The van der Waals surface area contributed by atoms with Gasteiger partial charge >= 0.3 is 0 Å². The molecule has 1 saturated heterocycles. The van der Waals surface area contributed by atoms with Gasteiger partial charge in [0.05, 0.1) is 24.9 Å². The summed E-state index contributed by atoms with van der Waals surface area (Å²) in [6, 6.07) is 10.6. The Bertz CT molecular complexity index is 1050. The van der Waals surface area contributed by atoms with Crippen LogP contribution in [0.1, 0.15) is 24.2 Å². The third kappa shape index (κ3) is 5.90. The molecule has 2 amide bonds. The standard InChI is InChI=1S/C24H29ClN4O4S/c1-15(2)23(31)29-12-10-28(11-13-29)18-9-8-16(14-17(18)25)26-24(34)27-22(30)21-19(32-3)6-5-7-20(21)33-4/h5-9,14-15H,10-13H2,1-4H3,(H2,26,27,30,34). The van der Waals surface area contributed by atoms with Crippen LogP contribution in [0.25, 0.3) is 0 Å². The first-order valence-electron chi connectivity index (χ1n) is 10.9. The van der Waals surface area contributed by atoms with E-state index in [2.05, 4.69) is 15.5 Å². The van der Waals surface area contributed by atoms with Crippen molar-refractivity contribution in [3.05, 3.63) is 47.0 Å². The second kappa shape index (κ2) is 11.4. The first kappa shape index (κ1) is 25.6. The van der Waals surface area contributed by atoms with Crippen LogP contribution in [0.15, 0.2) is 36.4 Å². The molecule has 1 aliphatic rings. The minimum absolute atomic E-state index is 0.00566. The third-order valence-corrected chi connectivity index (χ3v) is 6.02. The Labute approximate surface area is 210 Å². The molecule has 0 bridgehead atoms. The number of hydrogen-bond donors (Lipinski definition) is 2. The van der Waals surface area contributed by atoms with Crippen molar-refractivity contribution in [3.63, 3.8) is 0 Å². The summed E-state index contributed by atoms with van der Waals surface area (Å²) < 4.78 is 10.6. The van der Waals surface area contributed by atoms with Gasteiger partial charge in [-0.2, -0.15) is 0 Å². The zero-order valence-electron chi connectivity index (χ0n) is 19.7. The molecule has 2 aromatic carbocycles. The second-order valence-corrected chi connectivity index (χ2v) is 8.89. The molecule has 8 nitrogen and oxygen atoms in total. The van der Waals surface area contributed by atoms with E-state index >= 15 is 0 Å². The predicted molar refractivity (Wildman–Crippen MR) is 138 cm³/mol. The molecule has 0 aromatic heterocycles. The van der Waals surface area contributed by atoms with Gasteiger partial charge in [0.2, 0.25) is 5.91 Å². The van der Waals surface area contributed by atoms with E-state index in [-0.39, 0.29) is 22.5 Å². The lowest BCUT2D eigenvalue weighted by molar-refractivity contribution is -0.134. The highest BCUT2D eigenvalue weighted by Crippen LogP contribution is 2.30. The summed E-state index contributed by atoms with van der Waals surface area (Å²) in [6.07, 6.45) is 0. The molecule has 0 aliphatic carbocycles. The third-order valence-electron chi connectivity index (χ3n) is 5.51. The number of benzene rings is 2. The summed E-state index contributed by atoms with van der Waals surface area (Å²) in [5.41, 5.74) is 1.78. The van der Waals surface area contributed by atoms with Crippen molar-refractivity contribution in [2.75, 3.05) is 50.6 Å². The Kier molecular flexibility index (Phi) is 8.57. The number of carbonyl (C=O) groups is 2. The quantitative estimate of drug-likeness (QED) is 0.579. The number of halogens is 1. The fourth-order valence-corrected chi connectivity index (χ4v) is 4.29. The summed E-state index contributed by atoms with van der Waals surface area (Å²) in [6.45, 7) is 6.57. The van der Waals surface area contributed by atoms with Crippen LogP contribution < -0.4 is 25.0 Å².